The quantitative estimate of drug-likeness (QED) is 0.929. The second-order valence-corrected chi connectivity index (χ2v) is 7.23. The van der Waals surface area contributed by atoms with Gasteiger partial charge in [-0.2, -0.15) is 0 Å². The average molecular weight is 341 g/mol. The van der Waals surface area contributed by atoms with Crippen molar-refractivity contribution in [2.24, 2.45) is 0 Å². The van der Waals surface area contributed by atoms with E-state index in [1.165, 1.54) is 35.0 Å². The molecule has 1 N–H and O–H groups in total. The number of fused-ring (bicyclic) bond motifs is 3. The van der Waals surface area contributed by atoms with Gasteiger partial charge < -0.3 is 14.6 Å². The van der Waals surface area contributed by atoms with E-state index in [1.807, 2.05) is 18.0 Å². The van der Waals surface area contributed by atoms with Crippen LogP contribution >= 0.6 is 0 Å². The summed E-state index contributed by atoms with van der Waals surface area (Å²) in [6.45, 7) is 5.18. The Morgan fingerprint density at radius 1 is 1.24 bits per heavy atom. The topological polar surface area (TPSA) is 48.6 Å². The van der Waals surface area contributed by atoms with Crippen LogP contribution in [0.25, 0.3) is 10.9 Å². The smallest absolute Gasteiger partial charge is 0.253 e. The number of hydrogen-bond acceptors (Lipinski definition) is 3. The molecule has 0 unspecified atom stereocenters. The van der Waals surface area contributed by atoms with Crippen LogP contribution < -0.4 is 0 Å². The molecule has 1 fully saturated rings. The highest BCUT2D eigenvalue weighted by Gasteiger charge is 2.19. The number of morpholine rings is 1. The van der Waals surface area contributed by atoms with Crippen LogP contribution in [0.4, 0.5) is 0 Å². The molecule has 0 atom stereocenters. The molecule has 0 radical (unpaired) electrons. The van der Waals surface area contributed by atoms with Crippen molar-refractivity contribution in [1.82, 2.24) is 14.8 Å². The Hall–Kier alpha value is -1.85. The van der Waals surface area contributed by atoms with Crippen molar-refractivity contribution in [2.45, 2.75) is 25.7 Å². The van der Waals surface area contributed by atoms with E-state index in [4.69, 9.17) is 4.74 Å². The highest BCUT2D eigenvalue weighted by Crippen LogP contribution is 2.29. The molecule has 2 heterocycles. The van der Waals surface area contributed by atoms with Crippen molar-refractivity contribution in [3.63, 3.8) is 0 Å². The van der Waals surface area contributed by atoms with Gasteiger partial charge in [0, 0.05) is 55.4 Å². The molecule has 1 amide bonds. The maximum Gasteiger partial charge on any atom is 0.253 e. The van der Waals surface area contributed by atoms with Crippen molar-refractivity contribution in [3.8, 4) is 0 Å². The van der Waals surface area contributed by atoms with Crippen LogP contribution in [-0.4, -0.2) is 67.1 Å². The van der Waals surface area contributed by atoms with E-state index in [2.05, 4.69) is 22.0 Å². The van der Waals surface area contributed by atoms with Gasteiger partial charge in [-0.15, -0.1) is 0 Å². The Labute approximate surface area is 148 Å². The lowest BCUT2D eigenvalue weighted by Crippen LogP contribution is -2.41. The molecule has 2 aliphatic rings. The molecule has 0 saturated carbocycles. The third-order valence-corrected chi connectivity index (χ3v) is 5.55. The van der Waals surface area contributed by atoms with E-state index in [0.717, 1.165) is 57.8 Å². The number of likely N-dealkylation sites (N-methyl/N-ethyl adjacent to an activating group) is 1. The SMILES string of the molecule is CN(CCN1CCOCC1)C(=O)c1ccc2[nH]c3c(c2c1)CCCC3. The molecule has 0 spiro atoms. The van der Waals surface area contributed by atoms with Crippen molar-refractivity contribution in [2.75, 3.05) is 46.4 Å². The molecule has 4 rings (SSSR count). The Morgan fingerprint density at radius 2 is 2.04 bits per heavy atom. The third-order valence-electron chi connectivity index (χ3n) is 5.55. The summed E-state index contributed by atoms with van der Waals surface area (Å²) in [6, 6.07) is 6.11. The standard InChI is InChI=1S/C20H27N3O2/c1-22(8-9-23-10-12-25-13-11-23)20(24)15-6-7-19-17(14-15)16-4-2-3-5-18(16)21-19/h6-7,14,21H,2-5,8-13H2,1H3. The number of nitrogens with one attached hydrogen (secondary N) is 1. The van der Waals surface area contributed by atoms with Crippen molar-refractivity contribution in [1.29, 1.82) is 0 Å². The molecule has 1 aromatic heterocycles. The molecule has 134 valence electrons. The van der Waals surface area contributed by atoms with Gasteiger partial charge in [0.15, 0.2) is 0 Å². The zero-order chi connectivity index (χ0) is 17.2. The van der Waals surface area contributed by atoms with E-state index in [9.17, 15) is 4.79 Å². The molecular formula is C20H27N3O2. The number of amides is 1. The van der Waals surface area contributed by atoms with Gasteiger partial charge in [0.2, 0.25) is 0 Å². The van der Waals surface area contributed by atoms with Gasteiger partial charge >= 0.3 is 0 Å². The molecule has 25 heavy (non-hydrogen) atoms. The monoisotopic (exact) mass is 341 g/mol. The molecular weight excluding hydrogens is 314 g/mol. The first-order valence-electron chi connectivity index (χ1n) is 9.41. The van der Waals surface area contributed by atoms with Gasteiger partial charge in [0.25, 0.3) is 5.91 Å². The number of rotatable bonds is 4. The van der Waals surface area contributed by atoms with E-state index < -0.39 is 0 Å². The van der Waals surface area contributed by atoms with Crippen LogP contribution in [0.2, 0.25) is 0 Å². The molecule has 2 aromatic rings. The predicted molar refractivity (Wildman–Crippen MR) is 99.2 cm³/mol. The summed E-state index contributed by atoms with van der Waals surface area (Å²) in [7, 11) is 1.90. The minimum Gasteiger partial charge on any atom is -0.379 e. The summed E-state index contributed by atoms with van der Waals surface area (Å²) < 4.78 is 5.38. The van der Waals surface area contributed by atoms with Crippen LogP contribution in [0.15, 0.2) is 18.2 Å². The lowest BCUT2D eigenvalue weighted by atomic mass is 9.95. The second-order valence-electron chi connectivity index (χ2n) is 7.23. The van der Waals surface area contributed by atoms with Crippen LogP contribution in [0, 0.1) is 0 Å². The van der Waals surface area contributed by atoms with Crippen LogP contribution in [-0.2, 0) is 17.6 Å². The predicted octanol–water partition coefficient (Wildman–Crippen LogP) is 2.45. The molecule has 0 bridgehead atoms. The number of hydrogen-bond donors (Lipinski definition) is 1. The van der Waals surface area contributed by atoms with Gasteiger partial charge in [-0.1, -0.05) is 0 Å². The lowest BCUT2D eigenvalue weighted by molar-refractivity contribution is 0.0338. The maximum absolute atomic E-state index is 12.8. The van der Waals surface area contributed by atoms with Gasteiger partial charge in [-0.05, 0) is 49.4 Å². The fourth-order valence-electron chi connectivity index (χ4n) is 3.98. The van der Waals surface area contributed by atoms with Crippen molar-refractivity contribution >= 4 is 16.8 Å². The first kappa shape index (κ1) is 16.6. The summed E-state index contributed by atoms with van der Waals surface area (Å²) in [4.78, 5) is 20.6. The largest absolute Gasteiger partial charge is 0.379 e. The third kappa shape index (κ3) is 3.44. The number of aryl methyl sites for hydroxylation is 2. The Kier molecular flexibility index (Phi) is 4.77. The minimum absolute atomic E-state index is 0.112. The molecule has 1 aliphatic heterocycles. The number of carbonyl (C=O) groups excluding carboxylic acids is 1. The van der Waals surface area contributed by atoms with Gasteiger partial charge in [-0.25, -0.2) is 0 Å². The summed E-state index contributed by atoms with van der Waals surface area (Å²) in [5, 5.41) is 1.24. The Bertz CT molecular complexity index is 762. The maximum atomic E-state index is 12.8. The highest BCUT2D eigenvalue weighted by atomic mass is 16.5. The minimum atomic E-state index is 0.112. The number of aromatic amines is 1. The highest BCUT2D eigenvalue weighted by molar-refractivity contribution is 5.99. The zero-order valence-electron chi connectivity index (χ0n) is 15.0. The number of carbonyl (C=O) groups is 1. The van der Waals surface area contributed by atoms with Crippen molar-refractivity contribution < 1.29 is 9.53 Å². The van der Waals surface area contributed by atoms with Gasteiger partial charge in [0.05, 0.1) is 13.2 Å². The summed E-state index contributed by atoms with van der Waals surface area (Å²) in [5.41, 5.74) is 4.75. The van der Waals surface area contributed by atoms with Crippen LogP contribution in [0.1, 0.15) is 34.5 Å². The normalized spacial score (nSPS) is 18.3. The number of benzene rings is 1. The van der Waals surface area contributed by atoms with Crippen molar-refractivity contribution in [3.05, 3.63) is 35.0 Å². The fraction of sp³-hybridized carbons (Fsp3) is 0.550. The first-order chi connectivity index (χ1) is 12.2. The zero-order valence-corrected chi connectivity index (χ0v) is 15.0. The number of H-pyrrole nitrogens is 1. The fourth-order valence-corrected chi connectivity index (χ4v) is 3.98. The second kappa shape index (κ2) is 7.18. The van der Waals surface area contributed by atoms with Gasteiger partial charge in [-0.3, -0.25) is 9.69 Å². The van der Waals surface area contributed by atoms with Crippen LogP contribution in [0.3, 0.4) is 0 Å². The van der Waals surface area contributed by atoms with Crippen LogP contribution in [0.5, 0.6) is 0 Å². The molecule has 1 aliphatic carbocycles. The van der Waals surface area contributed by atoms with E-state index in [1.54, 1.807) is 0 Å². The summed E-state index contributed by atoms with van der Waals surface area (Å²) in [6.07, 6.45) is 4.76. The number of aromatic nitrogens is 1. The molecule has 5 nitrogen and oxygen atoms in total. The number of ether oxygens (including phenoxy) is 1. The molecule has 1 aromatic carbocycles. The Morgan fingerprint density at radius 3 is 2.88 bits per heavy atom. The van der Waals surface area contributed by atoms with E-state index >= 15 is 0 Å². The summed E-state index contributed by atoms with van der Waals surface area (Å²) >= 11 is 0. The van der Waals surface area contributed by atoms with Gasteiger partial charge in [0.1, 0.15) is 0 Å². The lowest BCUT2D eigenvalue weighted by Gasteiger charge is -2.28. The van der Waals surface area contributed by atoms with E-state index in [-0.39, 0.29) is 5.91 Å². The average Bonchev–Trinajstić information content (AvgIpc) is 3.04. The Balaban J connectivity index is 1.47. The summed E-state index contributed by atoms with van der Waals surface area (Å²) in [5.74, 6) is 0.112. The first-order valence-corrected chi connectivity index (χ1v) is 9.41. The molecule has 1 saturated heterocycles. The molecule has 5 heteroatoms. The number of nitrogens with zero attached hydrogens (tertiary/aromatic N) is 2. The van der Waals surface area contributed by atoms with E-state index in [0.29, 0.717) is 0 Å².